The van der Waals surface area contributed by atoms with Gasteiger partial charge in [0.25, 0.3) is 0 Å². The fraction of sp³-hybridized carbons (Fsp3) is 0.0769. The Morgan fingerprint density at radius 2 is 1.37 bits per heavy atom. The smallest absolute Gasteiger partial charge is 0.206 e. The van der Waals surface area contributed by atoms with Gasteiger partial charge in [-0.2, -0.15) is 13.2 Å². The topological polar surface area (TPSA) is 0 Å². The van der Waals surface area contributed by atoms with E-state index in [1.165, 1.54) is 24.3 Å². The van der Waals surface area contributed by atoms with E-state index >= 15 is 0 Å². The summed E-state index contributed by atoms with van der Waals surface area (Å²) in [6.45, 7) is 0. The third kappa shape index (κ3) is 3.19. The summed E-state index contributed by atoms with van der Waals surface area (Å²) in [6, 6.07) is 7.12. The van der Waals surface area contributed by atoms with Crippen molar-refractivity contribution in [2.75, 3.05) is 0 Å². The molecule has 0 aliphatic rings. The predicted molar refractivity (Wildman–Crippen MR) is 66.9 cm³/mol. The van der Waals surface area contributed by atoms with E-state index in [1.807, 2.05) is 0 Å². The highest BCUT2D eigenvalue weighted by Crippen LogP contribution is 2.35. The van der Waals surface area contributed by atoms with Gasteiger partial charge >= 0.3 is 6.18 Å². The van der Waals surface area contributed by atoms with Gasteiger partial charge < -0.3 is 0 Å². The maximum absolute atomic E-state index is 13.2. The summed E-state index contributed by atoms with van der Waals surface area (Å²) >= 11 is 11.6. The van der Waals surface area contributed by atoms with Gasteiger partial charge in [0, 0.05) is 10.0 Å². The molecule has 0 N–H and O–H groups in total. The monoisotopic (exact) mass is 308 g/mol. The molecular weight excluding hydrogens is 303 g/mol. The van der Waals surface area contributed by atoms with E-state index in [0.29, 0.717) is 15.6 Å². The molecule has 0 fully saturated rings. The molecule has 0 aliphatic heterocycles. The molecule has 0 nitrogen and oxygen atoms in total. The number of hydrogen-bond acceptors (Lipinski definition) is 0. The van der Waals surface area contributed by atoms with Crippen molar-refractivity contribution in [2.24, 2.45) is 0 Å². The van der Waals surface area contributed by atoms with Crippen LogP contribution in [0.3, 0.4) is 0 Å². The molecule has 6 heteroatoms. The van der Waals surface area contributed by atoms with Gasteiger partial charge in [0.05, 0.1) is 5.56 Å². The fourth-order valence-corrected chi connectivity index (χ4v) is 2.17. The normalized spacial score (nSPS) is 11.7. The molecule has 0 spiro atoms. The zero-order valence-electron chi connectivity index (χ0n) is 9.23. The van der Waals surface area contributed by atoms with Crippen molar-refractivity contribution >= 4 is 23.2 Å². The Hall–Kier alpha value is -1.26. The highest BCUT2D eigenvalue weighted by atomic mass is 35.5. The second-order valence-electron chi connectivity index (χ2n) is 3.85. The molecule has 0 heterocycles. The number of rotatable bonds is 1. The molecule has 2 aromatic rings. The van der Waals surface area contributed by atoms with Crippen LogP contribution >= 0.6 is 23.2 Å². The first-order valence-corrected chi connectivity index (χ1v) is 5.86. The van der Waals surface area contributed by atoms with E-state index in [9.17, 15) is 17.6 Å². The molecule has 0 aromatic heterocycles. The third-order valence-corrected chi connectivity index (χ3v) is 2.90. The van der Waals surface area contributed by atoms with Crippen LogP contribution in [0.2, 0.25) is 10.0 Å². The van der Waals surface area contributed by atoms with Crippen LogP contribution in [0, 0.1) is 5.82 Å². The summed E-state index contributed by atoms with van der Waals surface area (Å²) in [5.41, 5.74) is -0.734. The Bertz CT molecular complexity index is 600. The lowest BCUT2D eigenvalue weighted by molar-refractivity contribution is -0.139. The van der Waals surface area contributed by atoms with E-state index in [4.69, 9.17) is 23.2 Å². The molecule has 19 heavy (non-hydrogen) atoms. The maximum Gasteiger partial charge on any atom is 0.419 e. The van der Waals surface area contributed by atoms with E-state index in [0.717, 1.165) is 12.1 Å². The van der Waals surface area contributed by atoms with Gasteiger partial charge in [-0.25, -0.2) is 4.39 Å². The first-order valence-electron chi connectivity index (χ1n) is 5.10. The second kappa shape index (κ2) is 5.02. The molecule has 0 saturated carbocycles. The largest absolute Gasteiger partial charge is 0.419 e. The van der Waals surface area contributed by atoms with Crippen LogP contribution in [0.4, 0.5) is 17.6 Å². The van der Waals surface area contributed by atoms with Gasteiger partial charge in [0.1, 0.15) is 5.82 Å². The van der Waals surface area contributed by atoms with E-state index in [-0.39, 0.29) is 5.56 Å². The van der Waals surface area contributed by atoms with Crippen LogP contribution in [-0.4, -0.2) is 0 Å². The van der Waals surface area contributed by atoms with Crippen molar-refractivity contribution < 1.29 is 17.6 Å². The summed E-state index contributed by atoms with van der Waals surface area (Å²) in [5.74, 6) is -1.32. The summed E-state index contributed by atoms with van der Waals surface area (Å²) in [7, 11) is 0. The fourth-order valence-electron chi connectivity index (χ4n) is 1.64. The molecule has 0 aliphatic carbocycles. The first kappa shape index (κ1) is 14.2. The van der Waals surface area contributed by atoms with Crippen LogP contribution in [-0.2, 0) is 6.18 Å². The molecule has 2 rings (SSSR count). The van der Waals surface area contributed by atoms with Gasteiger partial charge in [-0.05, 0) is 41.5 Å². The number of benzene rings is 2. The minimum atomic E-state index is -4.75. The predicted octanol–water partition coefficient (Wildman–Crippen LogP) is 5.82. The quantitative estimate of drug-likeness (QED) is 0.582. The van der Waals surface area contributed by atoms with Gasteiger partial charge in [-0.3, -0.25) is 0 Å². The Balaban J connectivity index is 2.58. The van der Waals surface area contributed by atoms with Crippen molar-refractivity contribution in [1.29, 1.82) is 0 Å². The molecule has 0 bridgehead atoms. The van der Waals surface area contributed by atoms with Crippen LogP contribution in [0.25, 0.3) is 11.1 Å². The average molecular weight is 309 g/mol. The van der Waals surface area contributed by atoms with Gasteiger partial charge in [-0.1, -0.05) is 29.3 Å². The summed E-state index contributed by atoms with van der Waals surface area (Å²) in [4.78, 5) is 0. The first-order chi connectivity index (χ1) is 8.77. The van der Waals surface area contributed by atoms with E-state index in [1.54, 1.807) is 0 Å². The Kier molecular flexibility index (Phi) is 3.74. The van der Waals surface area contributed by atoms with Crippen LogP contribution < -0.4 is 0 Å². The lowest BCUT2D eigenvalue weighted by atomic mass is 10.0. The highest BCUT2D eigenvalue weighted by Gasteiger charge is 2.34. The van der Waals surface area contributed by atoms with E-state index < -0.39 is 17.6 Å². The third-order valence-electron chi connectivity index (χ3n) is 2.47. The van der Waals surface area contributed by atoms with Crippen molar-refractivity contribution in [2.45, 2.75) is 6.18 Å². The van der Waals surface area contributed by atoms with E-state index in [2.05, 4.69) is 0 Å². The zero-order chi connectivity index (χ0) is 14.2. The van der Waals surface area contributed by atoms with Crippen LogP contribution in [0.1, 0.15) is 5.56 Å². The summed E-state index contributed by atoms with van der Waals surface area (Å²) < 4.78 is 51.0. The highest BCUT2D eigenvalue weighted by molar-refractivity contribution is 6.35. The van der Waals surface area contributed by atoms with Crippen molar-refractivity contribution in [3.63, 3.8) is 0 Å². The number of hydrogen-bond donors (Lipinski definition) is 0. The zero-order valence-corrected chi connectivity index (χ0v) is 10.7. The van der Waals surface area contributed by atoms with Crippen molar-refractivity contribution in [3.05, 3.63) is 57.8 Å². The molecular formula is C13H6Cl2F4. The molecule has 0 unspecified atom stereocenters. The molecule has 100 valence electrons. The molecule has 2 aromatic carbocycles. The van der Waals surface area contributed by atoms with Gasteiger partial charge in [0.15, 0.2) is 0 Å². The van der Waals surface area contributed by atoms with Gasteiger partial charge in [0.2, 0.25) is 0 Å². The Morgan fingerprint density at radius 1 is 0.789 bits per heavy atom. The summed E-state index contributed by atoms with van der Waals surface area (Å²) in [5, 5.41) is 0.584. The van der Waals surface area contributed by atoms with Crippen LogP contribution in [0.5, 0.6) is 0 Å². The Morgan fingerprint density at radius 3 is 1.89 bits per heavy atom. The minimum Gasteiger partial charge on any atom is -0.206 e. The summed E-state index contributed by atoms with van der Waals surface area (Å²) in [6.07, 6.45) is -4.75. The number of halogens is 6. The minimum absolute atomic E-state index is 0.193. The lowest BCUT2D eigenvalue weighted by Gasteiger charge is -2.10. The standard InChI is InChI=1S/C13H6Cl2F4/c14-9-3-8(4-10(15)6-9)7-1-2-12(16)11(5-7)13(17,18)19/h1-6H. The van der Waals surface area contributed by atoms with Crippen molar-refractivity contribution in [3.8, 4) is 11.1 Å². The Labute approximate surface area is 116 Å². The number of alkyl halides is 3. The second-order valence-corrected chi connectivity index (χ2v) is 4.72. The average Bonchev–Trinajstić information content (AvgIpc) is 2.26. The van der Waals surface area contributed by atoms with Gasteiger partial charge in [-0.15, -0.1) is 0 Å². The maximum atomic E-state index is 13.2. The van der Waals surface area contributed by atoms with Crippen molar-refractivity contribution in [1.82, 2.24) is 0 Å². The lowest BCUT2D eigenvalue weighted by Crippen LogP contribution is -2.08. The molecule has 0 atom stereocenters. The SMILES string of the molecule is Fc1ccc(-c2cc(Cl)cc(Cl)c2)cc1C(F)(F)F. The van der Waals surface area contributed by atoms with Crippen LogP contribution in [0.15, 0.2) is 36.4 Å². The molecule has 0 radical (unpaired) electrons. The molecule has 0 amide bonds. The molecule has 0 saturated heterocycles.